The van der Waals surface area contributed by atoms with Crippen LogP contribution in [-0.4, -0.2) is 32.8 Å². The quantitative estimate of drug-likeness (QED) is 0.783. The van der Waals surface area contributed by atoms with E-state index in [-0.39, 0.29) is 5.69 Å². The number of rotatable bonds is 3. The van der Waals surface area contributed by atoms with Crippen LogP contribution in [0.15, 0.2) is 35.3 Å². The molecule has 1 fully saturated rings. The van der Waals surface area contributed by atoms with Gasteiger partial charge in [-0.15, -0.1) is 0 Å². The third-order valence-electron chi connectivity index (χ3n) is 4.52. The molecule has 26 heavy (non-hydrogen) atoms. The molecule has 3 aromatic rings. The Labute approximate surface area is 148 Å². The zero-order chi connectivity index (χ0) is 18.3. The average Bonchev–Trinajstić information content (AvgIpc) is 3.25. The number of H-pyrrole nitrogens is 1. The van der Waals surface area contributed by atoms with Crippen molar-refractivity contribution in [2.24, 2.45) is 0 Å². The lowest BCUT2D eigenvalue weighted by Crippen LogP contribution is -2.20. The number of nitrogens with zero attached hydrogens (tertiary/aromatic N) is 4. The summed E-state index contributed by atoms with van der Waals surface area (Å²) in [4.78, 5) is 23.3. The van der Waals surface area contributed by atoms with Gasteiger partial charge in [-0.3, -0.25) is 9.89 Å². The fraction of sp³-hybridized carbons (Fsp3) is 0.278. The molecule has 2 aromatic heterocycles. The van der Waals surface area contributed by atoms with Crippen LogP contribution in [-0.2, 0) is 0 Å². The van der Waals surface area contributed by atoms with Crippen molar-refractivity contribution in [3.8, 4) is 16.9 Å². The van der Waals surface area contributed by atoms with E-state index in [1.54, 1.807) is 6.20 Å². The van der Waals surface area contributed by atoms with Gasteiger partial charge in [-0.1, -0.05) is 0 Å². The molecule has 134 valence electrons. The Bertz CT molecular complexity index is 1020. The summed E-state index contributed by atoms with van der Waals surface area (Å²) in [5.41, 5.74) is 1.36. The summed E-state index contributed by atoms with van der Waals surface area (Å²) in [5.74, 6) is -0.846. The van der Waals surface area contributed by atoms with Crippen molar-refractivity contribution in [3.05, 3.63) is 58.1 Å². The second kappa shape index (κ2) is 6.36. The molecule has 4 rings (SSSR count). The minimum atomic E-state index is -0.821. The third-order valence-corrected chi connectivity index (χ3v) is 4.52. The fourth-order valence-electron chi connectivity index (χ4n) is 3.16. The number of anilines is 1. The van der Waals surface area contributed by atoms with Gasteiger partial charge < -0.3 is 4.90 Å². The minimum absolute atomic E-state index is 0.0464. The lowest BCUT2D eigenvalue weighted by atomic mass is 10.2. The highest BCUT2D eigenvalue weighted by Crippen LogP contribution is 2.23. The first-order valence-electron chi connectivity index (χ1n) is 8.39. The van der Waals surface area contributed by atoms with Crippen LogP contribution in [0.25, 0.3) is 16.9 Å². The summed E-state index contributed by atoms with van der Waals surface area (Å²) in [5, 5.41) is 2.85. The second-order valence-corrected chi connectivity index (χ2v) is 6.30. The van der Waals surface area contributed by atoms with Crippen LogP contribution in [0, 0.1) is 18.6 Å². The van der Waals surface area contributed by atoms with Crippen molar-refractivity contribution in [2.75, 3.05) is 18.0 Å². The second-order valence-electron chi connectivity index (χ2n) is 6.30. The van der Waals surface area contributed by atoms with E-state index in [0.29, 0.717) is 17.2 Å². The van der Waals surface area contributed by atoms with Gasteiger partial charge in [0.2, 0.25) is 5.95 Å². The molecule has 6 nitrogen and oxygen atoms in total. The van der Waals surface area contributed by atoms with Crippen LogP contribution in [0.5, 0.6) is 0 Å². The van der Waals surface area contributed by atoms with Crippen molar-refractivity contribution in [3.63, 3.8) is 0 Å². The van der Waals surface area contributed by atoms with Crippen molar-refractivity contribution >= 4 is 5.95 Å². The molecule has 3 heterocycles. The molecule has 1 saturated heterocycles. The van der Waals surface area contributed by atoms with E-state index < -0.39 is 17.2 Å². The standard InChI is InChI=1S/C18H17F2N5O/c1-11-13(10-21-18(22-11)24-6-2-3-7-24)15-9-17(26)25(23-15)16-5-4-12(19)8-14(16)20/h4-5,8-10,23H,2-3,6-7H2,1H3. The molecule has 0 aliphatic carbocycles. The van der Waals surface area contributed by atoms with E-state index in [4.69, 9.17) is 0 Å². The normalized spacial score (nSPS) is 14.2. The van der Waals surface area contributed by atoms with Crippen molar-refractivity contribution < 1.29 is 8.78 Å². The van der Waals surface area contributed by atoms with E-state index in [1.165, 1.54) is 12.1 Å². The molecule has 0 spiro atoms. The molecule has 8 heteroatoms. The SMILES string of the molecule is Cc1nc(N2CCCC2)ncc1-c1cc(=O)n(-c2ccc(F)cc2F)[nH]1. The number of nitrogens with one attached hydrogen (secondary N) is 1. The number of aryl methyl sites for hydroxylation is 1. The van der Waals surface area contributed by atoms with Crippen LogP contribution in [0.1, 0.15) is 18.5 Å². The molecule has 1 aliphatic heterocycles. The number of aromatic amines is 1. The molecule has 0 radical (unpaired) electrons. The van der Waals surface area contributed by atoms with Crippen LogP contribution >= 0.6 is 0 Å². The van der Waals surface area contributed by atoms with E-state index in [1.807, 2.05) is 6.92 Å². The largest absolute Gasteiger partial charge is 0.341 e. The van der Waals surface area contributed by atoms with Gasteiger partial charge in [0.05, 0.1) is 11.4 Å². The summed E-state index contributed by atoms with van der Waals surface area (Å²) >= 11 is 0. The molecule has 0 saturated carbocycles. The van der Waals surface area contributed by atoms with Gasteiger partial charge in [0, 0.05) is 37.0 Å². The topological polar surface area (TPSA) is 66.8 Å². The summed E-state index contributed by atoms with van der Waals surface area (Å²) in [6.07, 6.45) is 3.92. The Morgan fingerprint density at radius 3 is 2.62 bits per heavy atom. The molecule has 0 amide bonds. The van der Waals surface area contributed by atoms with Crippen LogP contribution in [0.3, 0.4) is 0 Å². The predicted octanol–water partition coefficient (Wildman–Crippen LogP) is 2.81. The molecule has 0 unspecified atom stereocenters. The van der Waals surface area contributed by atoms with Crippen LogP contribution < -0.4 is 10.5 Å². The highest BCUT2D eigenvalue weighted by Gasteiger charge is 2.18. The lowest BCUT2D eigenvalue weighted by Gasteiger charge is -2.16. The highest BCUT2D eigenvalue weighted by molar-refractivity contribution is 5.61. The Morgan fingerprint density at radius 2 is 1.92 bits per heavy atom. The number of hydrogen-bond acceptors (Lipinski definition) is 4. The van der Waals surface area contributed by atoms with Gasteiger partial charge >= 0.3 is 0 Å². The van der Waals surface area contributed by atoms with Gasteiger partial charge in [0.15, 0.2) is 5.82 Å². The molecule has 0 atom stereocenters. The summed E-state index contributed by atoms with van der Waals surface area (Å²) in [6.45, 7) is 3.72. The monoisotopic (exact) mass is 357 g/mol. The molecule has 1 aliphatic rings. The first-order chi connectivity index (χ1) is 12.5. The minimum Gasteiger partial charge on any atom is -0.341 e. The fourth-order valence-corrected chi connectivity index (χ4v) is 3.16. The maximum atomic E-state index is 14.0. The van der Waals surface area contributed by atoms with Gasteiger partial charge in [-0.2, -0.15) is 0 Å². The summed E-state index contributed by atoms with van der Waals surface area (Å²) in [7, 11) is 0. The van der Waals surface area contributed by atoms with E-state index >= 15 is 0 Å². The first-order valence-corrected chi connectivity index (χ1v) is 8.39. The lowest BCUT2D eigenvalue weighted by molar-refractivity contribution is 0.572. The summed E-state index contributed by atoms with van der Waals surface area (Å²) < 4.78 is 28.1. The zero-order valence-corrected chi connectivity index (χ0v) is 14.2. The Hall–Kier alpha value is -3.03. The summed E-state index contributed by atoms with van der Waals surface area (Å²) in [6, 6.07) is 4.41. The number of hydrogen-bond donors (Lipinski definition) is 1. The van der Waals surface area contributed by atoms with Crippen molar-refractivity contribution in [1.82, 2.24) is 19.7 Å². The van der Waals surface area contributed by atoms with E-state index in [2.05, 4.69) is 20.0 Å². The maximum Gasteiger partial charge on any atom is 0.271 e. The number of halogens is 2. The molecule has 1 aromatic carbocycles. The Balaban J connectivity index is 1.72. The van der Waals surface area contributed by atoms with E-state index in [9.17, 15) is 13.6 Å². The van der Waals surface area contributed by atoms with Gasteiger partial charge in [0.25, 0.3) is 5.56 Å². The van der Waals surface area contributed by atoms with Crippen LogP contribution in [0.2, 0.25) is 0 Å². The zero-order valence-electron chi connectivity index (χ0n) is 14.2. The molecule has 0 bridgehead atoms. The predicted molar refractivity (Wildman–Crippen MR) is 93.5 cm³/mol. The molecular weight excluding hydrogens is 340 g/mol. The average molecular weight is 357 g/mol. The third kappa shape index (κ3) is 2.87. The van der Waals surface area contributed by atoms with Gasteiger partial charge in [0.1, 0.15) is 11.5 Å². The smallest absolute Gasteiger partial charge is 0.271 e. The number of aromatic nitrogens is 4. The first kappa shape index (κ1) is 16.4. The van der Waals surface area contributed by atoms with Crippen LogP contribution in [0.4, 0.5) is 14.7 Å². The van der Waals surface area contributed by atoms with Gasteiger partial charge in [-0.05, 0) is 31.9 Å². The molecular formula is C18H17F2N5O. The van der Waals surface area contributed by atoms with Gasteiger partial charge in [-0.25, -0.2) is 23.4 Å². The maximum absolute atomic E-state index is 14.0. The van der Waals surface area contributed by atoms with Crippen molar-refractivity contribution in [1.29, 1.82) is 0 Å². The Morgan fingerprint density at radius 1 is 1.15 bits per heavy atom. The molecule has 1 N–H and O–H groups in total. The Kier molecular flexibility index (Phi) is 4.02. The van der Waals surface area contributed by atoms with Crippen molar-refractivity contribution in [2.45, 2.75) is 19.8 Å². The highest BCUT2D eigenvalue weighted by atomic mass is 19.1. The van der Waals surface area contributed by atoms with E-state index in [0.717, 1.165) is 48.4 Å². The number of benzene rings is 1.